The van der Waals surface area contributed by atoms with Crippen molar-refractivity contribution in [3.8, 4) is 0 Å². The second-order valence-corrected chi connectivity index (χ2v) is 7.14. The number of nitrogens with zero attached hydrogens (tertiary/aromatic N) is 2. The SMILES string of the molecule is CCn1cnc(S(=O)(=O)NC(C)(CN)CC(C)C)c1. The molecular weight excluding hydrogens is 264 g/mol. The molecule has 6 nitrogen and oxygen atoms in total. The fraction of sp³-hybridized carbons (Fsp3) is 0.750. The van der Waals surface area contributed by atoms with Crippen LogP contribution in [0.2, 0.25) is 0 Å². The Kier molecular flexibility index (Phi) is 5.11. The van der Waals surface area contributed by atoms with Crippen molar-refractivity contribution in [2.45, 2.75) is 51.2 Å². The van der Waals surface area contributed by atoms with Crippen LogP contribution in [0.15, 0.2) is 17.6 Å². The molecule has 3 N–H and O–H groups in total. The van der Waals surface area contributed by atoms with E-state index in [9.17, 15) is 8.42 Å². The first kappa shape index (κ1) is 16.1. The second-order valence-electron chi connectivity index (χ2n) is 5.51. The summed E-state index contributed by atoms with van der Waals surface area (Å²) < 4.78 is 28.9. The number of hydrogen-bond donors (Lipinski definition) is 2. The summed E-state index contributed by atoms with van der Waals surface area (Å²) in [6.45, 7) is 8.75. The molecule has 1 atom stereocenters. The van der Waals surface area contributed by atoms with E-state index in [2.05, 4.69) is 9.71 Å². The molecule has 0 spiro atoms. The molecule has 1 unspecified atom stereocenters. The zero-order chi connectivity index (χ0) is 14.7. The lowest BCUT2D eigenvalue weighted by atomic mass is 9.92. The van der Waals surface area contributed by atoms with E-state index in [1.165, 1.54) is 12.5 Å². The van der Waals surface area contributed by atoms with E-state index in [0.29, 0.717) is 18.9 Å². The van der Waals surface area contributed by atoms with Crippen LogP contribution in [-0.2, 0) is 16.6 Å². The number of sulfonamides is 1. The van der Waals surface area contributed by atoms with Gasteiger partial charge in [-0.25, -0.2) is 18.1 Å². The number of aromatic nitrogens is 2. The van der Waals surface area contributed by atoms with Crippen LogP contribution in [0, 0.1) is 5.92 Å². The lowest BCUT2D eigenvalue weighted by Gasteiger charge is -2.30. The lowest BCUT2D eigenvalue weighted by Crippen LogP contribution is -2.52. The van der Waals surface area contributed by atoms with Crippen LogP contribution in [0.3, 0.4) is 0 Å². The van der Waals surface area contributed by atoms with Crippen LogP contribution < -0.4 is 10.5 Å². The second kappa shape index (κ2) is 6.02. The van der Waals surface area contributed by atoms with Gasteiger partial charge in [-0.2, -0.15) is 0 Å². The first-order valence-corrected chi connectivity index (χ1v) is 7.96. The van der Waals surface area contributed by atoms with Gasteiger partial charge in [0.05, 0.1) is 6.33 Å². The Morgan fingerprint density at radius 1 is 1.53 bits per heavy atom. The van der Waals surface area contributed by atoms with E-state index in [0.717, 1.165) is 0 Å². The topological polar surface area (TPSA) is 90.0 Å². The number of imidazole rings is 1. The van der Waals surface area contributed by atoms with Crippen molar-refractivity contribution in [3.05, 3.63) is 12.5 Å². The summed E-state index contributed by atoms with van der Waals surface area (Å²) in [5, 5.41) is 0.0396. The molecule has 0 bridgehead atoms. The summed E-state index contributed by atoms with van der Waals surface area (Å²) in [5.74, 6) is 0.351. The van der Waals surface area contributed by atoms with E-state index in [1.54, 1.807) is 4.57 Å². The van der Waals surface area contributed by atoms with Gasteiger partial charge in [0, 0.05) is 24.8 Å². The molecule has 0 radical (unpaired) electrons. The third kappa shape index (κ3) is 4.29. The molecular formula is C12H24N4O2S. The average Bonchev–Trinajstić information content (AvgIpc) is 2.76. The molecule has 0 saturated carbocycles. The molecule has 19 heavy (non-hydrogen) atoms. The molecule has 1 rings (SSSR count). The van der Waals surface area contributed by atoms with Gasteiger partial charge in [0.1, 0.15) is 0 Å². The van der Waals surface area contributed by atoms with Gasteiger partial charge in [0.25, 0.3) is 10.0 Å². The van der Waals surface area contributed by atoms with Gasteiger partial charge < -0.3 is 10.3 Å². The maximum atomic E-state index is 12.3. The van der Waals surface area contributed by atoms with E-state index in [4.69, 9.17) is 5.73 Å². The lowest BCUT2D eigenvalue weighted by molar-refractivity contribution is 0.344. The van der Waals surface area contributed by atoms with Gasteiger partial charge in [-0.15, -0.1) is 0 Å². The van der Waals surface area contributed by atoms with E-state index < -0.39 is 15.6 Å². The van der Waals surface area contributed by atoms with Crippen molar-refractivity contribution in [2.75, 3.05) is 6.54 Å². The molecule has 0 aliphatic rings. The minimum atomic E-state index is -3.63. The van der Waals surface area contributed by atoms with Gasteiger partial charge in [0.2, 0.25) is 0 Å². The Bertz CT molecular complexity index is 510. The first-order valence-electron chi connectivity index (χ1n) is 6.48. The molecule has 1 aromatic rings. The third-order valence-corrected chi connectivity index (χ3v) is 4.46. The average molecular weight is 288 g/mol. The standard InChI is InChI=1S/C12H24N4O2S/c1-5-16-7-11(14-9-16)19(17,18)15-12(4,8-13)6-10(2)3/h7,9-10,15H,5-6,8,13H2,1-4H3. The largest absolute Gasteiger partial charge is 0.336 e. The molecule has 0 amide bonds. The van der Waals surface area contributed by atoms with E-state index >= 15 is 0 Å². The number of nitrogens with one attached hydrogen (secondary N) is 1. The Hall–Kier alpha value is -0.920. The maximum Gasteiger partial charge on any atom is 0.260 e. The predicted octanol–water partition coefficient (Wildman–Crippen LogP) is 0.945. The molecule has 1 heterocycles. The minimum absolute atomic E-state index is 0.0396. The van der Waals surface area contributed by atoms with Crippen LogP contribution in [0.5, 0.6) is 0 Å². The van der Waals surface area contributed by atoms with Gasteiger partial charge in [-0.1, -0.05) is 13.8 Å². The maximum absolute atomic E-state index is 12.3. The highest BCUT2D eigenvalue weighted by Gasteiger charge is 2.31. The number of hydrogen-bond acceptors (Lipinski definition) is 4. The molecule has 0 fully saturated rings. The van der Waals surface area contributed by atoms with Crippen LogP contribution in [0.4, 0.5) is 0 Å². The highest BCUT2D eigenvalue weighted by atomic mass is 32.2. The zero-order valence-corrected chi connectivity index (χ0v) is 12.9. The van der Waals surface area contributed by atoms with Crippen molar-refractivity contribution in [1.82, 2.24) is 14.3 Å². The summed E-state index contributed by atoms with van der Waals surface area (Å²) >= 11 is 0. The van der Waals surface area contributed by atoms with Crippen molar-refractivity contribution in [2.24, 2.45) is 11.7 Å². The van der Waals surface area contributed by atoms with Gasteiger partial charge in [-0.3, -0.25) is 0 Å². The van der Waals surface area contributed by atoms with E-state index in [-0.39, 0.29) is 11.6 Å². The molecule has 110 valence electrons. The van der Waals surface area contributed by atoms with Crippen LogP contribution in [0.1, 0.15) is 34.1 Å². The fourth-order valence-electron chi connectivity index (χ4n) is 2.10. The number of rotatable bonds is 7. The Labute approximate surface area is 115 Å². The van der Waals surface area contributed by atoms with Gasteiger partial charge >= 0.3 is 0 Å². The van der Waals surface area contributed by atoms with Crippen LogP contribution in [-0.4, -0.2) is 30.1 Å². The minimum Gasteiger partial charge on any atom is -0.336 e. The Morgan fingerprint density at radius 2 is 2.16 bits per heavy atom. The third-order valence-electron chi connectivity index (χ3n) is 2.94. The van der Waals surface area contributed by atoms with Crippen molar-refractivity contribution in [1.29, 1.82) is 0 Å². The number of nitrogens with two attached hydrogens (primary N) is 1. The van der Waals surface area contributed by atoms with Crippen molar-refractivity contribution in [3.63, 3.8) is 0 Å². The fourth-order valence-corrected chi connectivity index (χ4v) is 3.48. The predicted molar refractivity (Wildman–Crippen MR) is 75.1 cm³/mol. The van der Waals surface area contributed by atoms with Crippen molar-refractivity contribution < 1.29 is 8.42 Å². The molecule has 0 aliphatic carbocycles. The summed E-state index contributed by atoms with van der Waals surface area (Å²) in [5.41, 5.74) is 5.07. The molecule has 0 aromatic carbocycles. The number of aryl methyl sites for hydroxylation is 1. The summed E-state index contributed by atoms with van der Waals surface area (Å²) in [7, 11) is -3.63. The summed E-state index contributed by atoms with van der Waals surface area (Å²) in [4.78, 5) is 3.93. The zero-order valence-electron chi connectivity index (χ0n) is 12.0. The van der Waals surface area contributed by atoms with Gasteiger partial charge in [0.15, 0.2) is 5.03 Å². The van der Waals surface area contributed by atoms with Crippen LogP contribution >= 0.6 is 0 Å². The Balaban J connectivity index is 2.94. The normalized spacial score (nSPS) is 15.7. The smallest absolute Gasteiger partial charge is 0.260 e. The highest BCUT2D eigenvalue weighted by molar-refractivity contribution is 7.89. The van der Waals surface area contributed by atoms with Crippen molar-refractivity contribution >= 4 is 10.0 Å². The highest BCUT2D eigenvalue weighted by Crippen LogP contribution is 2.18. The quantitative estimate of drug-likeness (QED) is 0.781. The summed E-state index contributed by atoms with van der Waals surface area (Å²) in [6.07, 6.45) is 3.71. The molecule has 0 saturated heterocycles. The van der Waals surface area contributed by atoms with E-state index in [1.807, 2.05) is 27.7 Å². The first-order chi connectivity index (χ1) is 8.72. The Morgan fingerprint density at radius 3 is 2.58 bits per heavy atom. The molecule has 7 heteroatoms. The molecule has 0 aliphatic heterocycles. The summed E-state index contributed by atoms with van der Waals surface area (Å²) in [6, 6.07) is 0. The molecule has 1 aromatic heterocycles. The van der Waals surface area contributed by atoms with Crippen LogP contribution in [0.25, 0.3) is 0 Å². The van der Waals surface area contributed by atoms with Gasteiger partial charge in [-0.05, 0) is 26.2 Å². The monoisotopic (exact) mass is 288 g/mol.